The minimum Gasteiger partial charge on any atom is -0.414 e. The van der Waals surface area contributed by atoms with Gasteiger partial charge in [0.25, 0.3) is 0 Å². The zero-order valence-corrected chi connectivity index (χ0v) is 15.6. The zero-order chi connectivity index (χ0) is 22.2. The maximum atomic E-state index is 12.9. The van der Waals surface area contributed by atoms with Gasteiger partial charge in [0, 0.05) is 6.20 Å². The molecular formula is C16H5Cl2F5N6O. The molecule has 0 aliphatic carbocycles. The van der Waals surface area contributed by atoms with Crippen molar-refractivity contribution in [3.8, 4) is 35.1 Å². The molecule has 0 radical (unpaired) electrons. The van der Waals surface area contributed by atoms with Gasteiger partial charge in [0.15, 0.2) is 11.4 Å². The number of benzene rings is 1. The van der Waals surface area contributed by atoms with E-state index < -0.39 is 34.3 Å². The number of halogens is 7. The summed E-state index contributed by atoms with van der Waals surface area (Å²) < 4.78 is 69.5. The zero-order valence-electron chi connectivity index (χ0n) is 14.1. The van der Waals surface area contributed by atoms with Crippen LogP contribution in [0.3, 0.4) is 0 Å². The summed E-state index contributed by atoms with van der Waals surface area (Å²) in [5.41, 5.74) is -2.15. The Morgan fingerprint density at radius 3 is 2.23 bits per heavy atom. The lowest BCUT2D eigenvalue weighted by Crippen LogP contribution is -2.07. The number of alkyl halides is 5. The predicted molar refractivity (Wildman–Crippen MR) is 92.2 cm³/mol. The molecule has 14 heteroatoms. The van der Waals surface area contributed by atoms with E-state index in [1.54, 1.807) is 12.1 Å². The van der Waals surface area contributed by atoms with Crippen molar-refractivity contribution in [1.82, 2.24) is 19.7 Å². The molecule has 0 saturated carbocycles. The van der Waals surface area contributed by atoms with Crippen molar-refractivity contribution in [2.45, 2.75) is 12.8 Å². The summed E-state index contributed by atoms with van der Waals surface area (Å²) in [5.74, 6) is -0.913. The van der Waals surface area contributed by atoms with Crippen LogP contribution in [0.5, 0.6) is 5.88 Å². The van der Waals surface area contributed by atoms with Crippen molar-refractivity contribution in [1.29, 1.82) is 10.5 Å². The van der Waals surface area contributed by atoms with Crippen LogP contribution >= 0.6 is 23.2 Å². The number of H-pyrrole nitrogens is 1. The van der Waals surface area contributed by atoms with Crippen molar-refractivity contribution < 1.29 is 26.7 Å². The van der Waals surface area contributed by atoms with Crippen molar-refractivity contribution in [2.24, 2.45) is 0 Å². The SMILES string of the molecule is N#Cc1nc(-c2cn(-c3c(Cl)cc(C(F)(F)F)cc3Cl)nc2OC(F)F)[nH]c1C#N. The normalized spacial score (nSPS) is 11.4. The summed E-state index contributed by atoms with van der Waals surface area (Å²) in [4.78, 5) is 6.25. The first-order valence-electron chi connectivity index (χ1n) is 7.56. The van der Waals surface area contributed by atoms with Crippen LogP contribution in [-0.2, 0) is 6.18 Å². The van der Waals surface area contributed by atoms with Crippen molar-refractivity contribution in [2.75, 3.05) is 0 Å². The minimum atomic E-state index is -4.72. The van der Waals surface area contributed by atoms with E-state index in [0.717, 1.165) is 10.9 Å². The second-order valence-electron chi connectivity index (χ2n) is 5.49. The van der Waals surface area contributed by atoms with Gasteiger partial charge in [0.1, 0.15) is 23.7 Å². The molecule has 0 aliphatic rings. The van der Waals surface area contributed by atoms with Crippen molar-refractivity contribution >= 4 is 23.2 Å². The van der Waals surface area contributed by atoms with Gasteiger partial charge in [-0.1, -0.05) is 23.2 Å². The fourth-order valence-electron chi connectivity index (χ4n) is 2.42. The third-order valence-corrected chi connectivity index (χ3v) is 4.21. The van der Waals surface area contributed by atoms with Gasteiger partial charge in [-0.25, -0.2) is 9.67 Å². The number of nitriles is 2. The van der Waals surface area contributed by atoms with E-state index in [4.69, 9.17) is 33.7 Å². The Balaban J connectivity index is 2.19. The Kier molecular flexibility index (Phi) is 5.57. The second kappa shape index (κ2) is 7.82. The van der Waals surface area contributed by atoms with Gasteiger partial charge < -0.3 is 9.72 Å². The number of imidazole rings is 1. The molecule has 3 aromatic rings. The molecule has 0 spiro atoms. The van der Waals surface area contributed by atoms with E-state index in [9.17, 15) is 22.0 Å². The van der Waals surface area contributed by atoms with E-state index in [0.29, 0.717) is 12.1 Å². The van der Waals surface area contributed by atoms with Crippen molar-refractivity contribution in [3.05, 3.63) is 45.3 Å². The first-order valence-corrected chi connectivity index (χ1v) is 8.32. The van der Waals surface area contributed by atoms with Crippen LogP contribution < -0.4 is 4.74 Å². The van der Waals surface area contributed by atoms with Gasteiger partial charge in [0.05, 0.1) is 21.2 Å². The summed E-state index contributed by atoms with van der Waals surface area (Å²) in [7, 11) is 0. The predicted octanol–water partition coefficient (Wildman–Crippen LogP) is 4.93. The third-order valence-electron chi connectivity index (χ3n) is 3.63. The first kappa shape index (κ1) is 21.4. The molecule has 0 aliphatic heterocycles. The monoisotopic (exact) mass is 462 g/mol. The Labute approximate surface area is 173 Å². The van der Waals surface area contributed by atoms with Gasteiger partial charge in [-0.2, -0.15) is 32.5 Å². The summed E-state index contributed by atoms with van der Waals surface area (Å²) in [6, 6.07) is 4.49. The molecule has 154 valence electrons. The Morgan fingerprint density at radius 2 is 1.77 bits per heavy atom. The van der Waals surface area contributed by atoms with Crippen LogP contribution in [0, 0.1) is 22.7 Å². The summed E-state index contributed by atoms with van der Waals surface area (Å²) in [6.07, 6.45) is -3.68. The molecule has 0 fully saturated rings. The maximum absolute atomic E-state index is 12.9. The topological polar surface area (TPSA) is 103 Å². The molecule has 7 nitrogen and oxygen atoms in total. The van der Waals surface area contributed by atoms with E-state index in [-0.39, 0.29) is 28.5 Å². The summed E-state index contributed by atoms with van der Waals surface area (Å²) in [6.45, 7) is -3.31. The highest BCUT2D eigenvalue weighted by Gasteiger charge is 2.32. The van der Waals surface area contributed by atoms with Crippen LogP contribution in [0.25, 0.3) is 17.1 Å². The molecule has 3 rings (SSSR count). The highest BCUT2D eigenvalue weighted by atomic mass is 35.5. The molecular weight excluding hydrogens is 458 g/mol. The summed E-state index contributed by atoms with van der Waals surface area (Å²) >= 11 is 11.8. The molecule has 0 atom stereocenters. The smallest absolute Gasteiger partial charge is 0.414 e. The average Bonchev–Trinajstić information content (AvgIpc) is 3.23. The van der Waals surface area contributed by atoms with E-state index in [1.807, 2.05) is 0 Å². The van der Waals surface area contributed by atoms with Gasteiger partial charge >= 0.3 is 12.8 Å². The molecule has 2 aromatic heterocycles. The number of nitrogens with one attached hydrogen (secondary N) is 1. The fraction of sp³-hybridized carbons (Fsp3) is 0.125. The van der Waals surface area contributed by atoms with E-state index in [1.165, 1.54) is 0 Å². The van der Waals surface area contributed by atoms with E-state index in [2.05, 4.69) is 19.8 Å². The Bertz CT molecular complexity index is 1150. The number of aromatic amines is 1. The molecule has 0 amide bonds. The van der Waals surface area contributed by atoms with Crippen LogP contribution in [0.4, 0.5) is 22.0 Å². The number of aromatic nitrogens is 4. The maximum Gasteiger partial charge on any atom is 0.416 e. The lowest BCUT2D eigenvalue weighted by atomic mass is 10.2. The average molecular weight is 463 g/mol. The first-order chi connectivity index (χ1) is 14.0. The highest BCUT2D eigenvalue weighted by Crippen LogP contribution is 2.39. The molecule has 2 heterocycles. The number of rotatable bonds is 4. The standard InChI is InChI=1S/C16H5Cl2F5N6O/c17-8-1-6(16(21,22)23)2-9(18)12(8)29-5-7(14(28-29)30-15(19)20)13-26-10(3-24)11(4-25)27-13/h1-2,5,15H,(H,26,27). The van der Waals surface area contributed by atoms with Crippen LogP contribution in [-0.4, -0.2) is 26.4 Å². The third kappa shape index (κ3) is 4.01. The van der Waals surface area contributed by atoms with Gasteiger partial charge in [-0.05, 0) is 12.1 Å². The van der Waals surface area contributed by atoms with Gasteiger partial charge in [0.2, 0.25) is 5.88 Å². The Morgan fingerprint density at radius 1 is 1.13 bits per heavy atom. The molecule has 0 unspecified atom stereocenters. The largest absolute Gasteiger partial charge is 0.416 e. The number of ether oxygens (including phenoxy) is 1. The lowest BCUT2D eigenvalue weighted by molar-refractivity contribution is -0.137. The van der Waals surface area contributed by atoms with E-state index >= 15 is 0 Å². The molecule has 30 heavy (non-hydrogen) atoms. The molecule has 1 aromatic carbocycles. The number of hydrogen-bond acceptors (Lipinski definition) is 5. The second-order valence-corrected chi connectivity index (χ2v) is 6.30. The molecule has 0 saturated heterocycles. The van der Waals surface area contributed by atoms with Crippen LogP contribution in [0.15, 0.2) is 18.3 Å². The van der Waals surface area contributed by atoms with Crippen molar-refractivity contribution in [3.63, 3.8) is 0 Å². The number of nitrogens with zero attached hydrogens (tertiary/aromatic N) is 5. The Hall–Kier alpha value is -3.35. The quantitative estimate of drug-likeness (QED) is 0.553. The van der Waals surface area contributed by atoms with Gasteiger partial charge in [-0.15, -0.1) is 5.10 Å². The minimum absolute atomic E-state index is 0.218. The highest BCUT2D eigenvalue weighted by molar-refractivity contribution is 6.37. The fourth-order valence-corrected chi connectivity index (χ4v) is 3.08. The lowest BCUT2D eigenvalue weighted by Gasteiger charge is -2.12. The van der Waals surface area contributed by atoms with Crippen LogP contribution in [0.1, 0.15) is 17.0 Å². The van der Waals surface area contributed by atoms with Crippen LogP contribution in [0.2, 0.25) is 10.0 Å². The number of hydrogen-bond donors (Lipinski definition) is 1. The molecule has 1 N–H and O–H groups in total. The van der Waals surface area contributed by atoms with Gasteiger partial charge in [-0.3, -0.25) is 0 Å². The summed E-state index contributed by atoms with van der Waals surface area (Å²) in [5, 5.41) is 20.8. The molecule has 0 bridgehead atoms.